The quantitative estimate of drug-likeness (QED) is 0.697. The summed E-state index contributed by atoms with van der Waals surface area (Å²) < 4.78 is 0. The van der Waals surface area contributed by atoms with Gasteiger partial charge in [0, 0.05) is 12.0 Å². The van der Waals surface area contributed by atoms with Gasteiger partial charge in [-0.05, 0) is 40.9 Å². The molecule has 0 heterocycles. The maximum absolute atomic E-state index is 11.4. The highest BCUT2D eigenvalue weighted by molar-refractivity contribution is 5.78. The molecule has 13 heavy (non-hydrogen) atoms. The van der Waals surface area contributed by atoms with E-state index in [1.807, 2.05) is 34.9 Å². The minimum atomic E-state index is 0.116. The zero-order chi connectivity index (χ0) is 10.4. The first-order valence-corrected chi connectivity index (χ1v) is 4.88. The van der Waals surface area contributed by atoms with Gasteiger partial charge in [-0.1, -0.05) is 6.92 Å². The van der Waals surface area contributed by atoms with Gasteiger partial charge < -0.3 is 10.2 Å². The van der Waals surface area contributed by atoms with E-state index in [9.17, 15) is 4.79 Å². The van der Waals surface area contributed by atoms with Crippen LogP contribution in [0.15, 0.2) is 0 Å². The summed E-state index contributed by atoms with van der Waals surface area (Å²) in [4.78, 5) is 13.5. The largest absolute Gasteiger partial charge is 0.354 e. The Morgan fingerprint density at radius 2 is 1.85 bits per heavy atom. The Balaban J connectivity index is 3.69. The van der Waals surface area contributed by atoms with Crippen molar-refractivity contribution in [3.8, 4) is 0 Å². The van der Waals surface area contributed by atoms with Crippen molar-refractivity contribution in [2.45, 2.75) is 33.2 Å². The second-order valence-electron chi connectivity index (χ2n) is 4.16. The molecule has 0 fully saturated rings. The second-order valence-corrected chi connectivity index (χ2v) is 4.16. The molecule has 0 aliphatic heterocycles. The van der Waals surface area contributed by atoms with Gasteiger partial charge in [-0.15, -0.1) is 0 Å². The SMILES string of the molecule is CC(C)NC(=O)C(C)CCN(C)C. The van der Waals surface area contributed by atoms with E-state index in [0.29, 0.717) is 0 Å². The smallest absolute Gasteiger partial charge is 0.223 e. The van der Waals surface area contributed by atoms with Crippen LogP contribution in [0.5, 0.6) is 0 Å². The minimum Gasteiger partial charge on any atom is -0.354 e. The van der Waals surface area contributed by atoms with Crippen LogP contribution in [0.4, 0.5) is 0 Å². The molecule has 0 saturated heterocycles. The van der Waals surface area contributed by atoms with Crippen molar-refractivity contribution in [1.29, 1.82) is 0 Å². The van der Waals surface area contributed by atoms with Crippen molar-refractivity contribution in [2.75, 3.05) is 20.6 Å². The van der Waals surface area contributed by atoms with E-state index in [1.54, 1.807) is 0 Å². The highest BCUT2D eigenvalue weighted by Gasteiger charge is 2.13. The monoisotopic (exact) mass is 186 g/mol. The molecule has 0 spiro atoms. The highest BCUT2D eigenvalue weighted by Crippen LogP contribution is 2.02. The molecular weight excluding hydrogens is 164 g/mol. The molecule has 3 heteroatoms. The summed E-state index contributed by atoms with van der Waals surface area (Å²) in [7, 11) is 4.04. The third-order valence-corrected chi connectivity index (χ3v) is 1.89. The lowest BCUT2D eigenvalue weighted by atomic mass is 10.1. The first kappa shape index (κ1) is 12.4. The van der Waals surface area contributed by atoms with Crippen LogP contribution in [-0.2, 0) is 4.79 Å². The van der Waals surface area contributed by atoms with Crippen LogP contribution in [-0.4, -0.2) is 37.5 Å². The van der Waals surface area contributed by atoms with Gasteiger partial charge in [0.15, 0.2) is 0 Å². The van der Waals surface area contributed by atoms with Crippen LogP contribution in [0.25, 0.3) is 0 Å². The molecule has 0 aliphatic carbocycles. The second kappa shape index (κ2) is 5.97. The average molecular weight is 186 g/mol. The Labute approximate surface area is 81.5 Å². The molecule has 78 valence electrons. The van der Waals surface area contributed by atoms with Gasteiger partial charge in [0.05, 0.1) is 0 Å². The van der Waals surface area contributed by atoms with Crippen molar-refractivity contribution in [3.05, 3.63) is 0 Å². The Kier molecular flexibility index (Phi) is 5.71. The fourth-order valence-corrected chi connectivity index (χ4v) is 1.01. The van der Waals surface area contributed by atoms with Gasteiger partial charge in [0.25, 0.3) is 0 Å². The van der Waals surface area contributed by atoms with Gasteiger partial charge >= 0.3 is 0 Å². The lowest BCUT2D eigenvalue weighted by Gasteiger charge is -2.16. The molecular formula is C10H22N2O. The van der Waals surface area contributed by atoms with E-state index in [4.69, 9.17) is 0 Å². The van der Waals surface area contributed by atoms with Gasteiger partial charge in [-0.2, -0.15) is 0 Å². The van der Waals surface area contributed by atoms with E-state index >= 15 is 0 Å². The Morgan fingerprint density at radius 3 is 2.23 bits per heavy atom. The summed E-state index contributed by atoms with van der Waals surface area (Å²) in [6, 6.07) is 0.245. The van der Waals surface area contributed by atoms with Crippen LogP contribution >= 0.6 is 0 Å². The van der Waals surface area contributed by atoms with E-state index in [0.717, 1.165) is 13.0 Å². The van der Waals surface area contributed by atoms with Crippen molar-refractivity contribution < 1.29 is 4.79 Å². The molecule has 0 aromatic rings. The summed E-state index contributed by atoms with van der Waals surface area (Å²) in [6.45, 7) is 6.90. The van der Waals surface area contributed by atoms with Crippen LogP contribution in [0, 0.1) is 5.92 Å². The highest BCUT2D eigenvalue weighted by atomic mass is 16.1. The predicted octanol–water partition coefficient (Wildman–Crippen LogP) is 1.10. The average Bonchev–Trinajstić information content (AvgIpc) is 1.98. The molecule has 3 nitrogen and oxygen atoms in total. The number of nitrogens with zero attached hydrogens (tertiary/aromatic N) is 1. The Hall–Kier alpha value is -0.570. The van der Waals surface area contributed by atoms with Crippen LogP contribution in [0.2, 0.25) is 0 Å². The summed E-state index contributed by atoms with van der Waals surface area (Å²) in [6.07, 6.45) is 0.922. The lowest BCUT2D eigenvalue weighted by molar-refractivity contribution is -0.125. The summed E-state index contributed by atoms with van der Waals surface area (Å²) >= 11 is 0. The standard InChI is InChI=1S/C10H22N2O/c1-8(2)11-10(13)9(3)6-7-12(4)5/h8-9H,6-7H2,1-5H3,(H,11,13). The Bertz CT molecular complexity index is 155. The normalized spacial score (nSPS) is 13.5. The summed E-state index contributed by atoms with van der Waals surface area (Å²) in [5.41, 5.74) is 0. The van der Waals surface area contributed by atoms with Crippen LogP contribution in [0.1, 0.15) is 27.2 Å². The summed E-state index contributed by atoms with van der Waals surface area (Å²) in [5, 5.41) is 2.91. The summed E-state index contributed by atoms with van der Waals surface area (Å²) in [5.74, 6) is 0.279. The molecule has 1 amide bonds. The van der Waals surface area contributed by atoms with E-state index in [-0.39, 0.29) is 17.9 Å². The van der Waals surface area contributed by atoms with Crippen LogP contribution in [0.3, 0.4) is 0 Å². The first-order chi connectivity index (χ1) is 5.93. The number of nitrogens with one attached hydrogen (secondary N) is 1. The van der Waals surface area contributed by atoms with Crippen molar-refractivity contribution >= 4 is 5.91 Å². The lowest BCUT2D eigenvalue weighted by Crippen LogP contribution is -2.35. The number of carbonyl (C=O) groups excluding carboxylic acids is 1. The topological polar surface area (TPSA) is 32.3 Å². The number of hydrogen-bond acceptors (Lipinski definition) is 2. The zero-order valence-electron chi connectivity index (χ0n) is 9.42. The van der Waals surface area contributed by atoms with Gasteiger partial charge in [-0.25, -0.2) is 0 Å². The maximum atomic E-state index is 11.4. The molecule has 1 atom stereocenters. The zero-order valence-corrected chi connectivity index (χ0v) is 9.42. The van der Waals surface area contributed by atoms with Crippen molar-refractivity contribution in [1.82, 2.24) is 10.2 Å². The molecule has 0 aromatic carbocycles. The number of hydrogen-bond donors (Lipinski definition) is 1. The molecule has 0 rings (SSSR count). The molecule has 1 N–H and O–H groups in total. The fraction of sp³-hybridized carbons (Fsp3) is 0.900. The molecule has 0 saturated carbocycles. The van der Waals surface area contributed by atoms with E-state index < -0.39 is 0 Å². The molecule has 1 unspecified atom stereocenters. The minimum absolute atomic E-state index is 0.116. The number of rotatable bonds is 5. The molecule has 0 aromatic heterocycles. The number of carbonyl (C=O) groups is 1. The number of amides is 1. The van der Waals surface area contributed by atoms with Gasteiger partial charge in [-0.3, -0.25) is 4.79 Å². The van der Waals surface area contributed by atoms with Gasteiger partial charge in [0.2, 0.25) is 5.91 Å². The Morgan fingerprint density at radius 1 is 1.31 bits per heavy atom. The first-order valence-electron chi connectivity index (χ1n) is 4.88. The molecule has 0 radical (unpaired) electrons. The van der Waals surface area contributed by atoms with Gasteiger partial charge in [0.1, 0.15) is 0 Å². The third kappa shape index (κ3) is 6.58. The maximum Gasteiger partial charge on any atom is 0.223 e. The van der Waals surface area contributed by atoms with E-state index in [1.165, 1.54) is 0 Å². The molecule has 0 bridgehead atoms. The third-order valence-electron chi connectivity index (χ3n) is 1.89. The van der Waals surface area contributed by atoms with Crippen molar-refractivity contribution in [3.63, 3.8) is 0 Å². The van der Waals surface area contributed by atoms with Crippen molar-refractivity contribution in [2.24, 2.45) is 5.92 Å². The predicted molar refractivity (Wildman–Crippen MR) is 55.6 cm³/mol. The van der Waals surface area contributed by atoms with E-state index in [2.05, 4.69) is 10.2 Å². The molecule has 0 aliphatic rings. The fourth-order valence-electron chi connectivity index (χ4n) is 1.01. The van der Waals surface area contributed by atoms with Crippen LogP contribution < -0.4 is 5.32 Å².